The first-order valence-electron chi connectivity index (χ1n) is 12.8. The molecule has 180 valence electrons. The third kappa shape index (κ3) is 3.31. The number of hydrogen-bond donors (Lipinski definition) is 2. The Bertz CT molecular complexity index is 937. The van der Waals surface area contributed by atoms with Crippen LogP contribution in [-0.2, 0) is 14.4 Å². The Morgan fingerprint density at radius 3 is 2.67 bits per heavy atom. The van der Waals surface area contributed by atoms with Gasteiger partial charge in [0, 0.05) is 23.8 Å². The Hall–Kier alpha value is -1.79. The minimum Gasteiger partial charge on any atom is -0.480 e. The van der Waals surface area contributed by atoms with Gasteiger partial charge in [-0.15, -0.1) is 0 Å². The second-order valence-electron chi connectivity index (χ2n) is 11.5. The number of likely N-dealkylation sites (tertiary alicyclic amines) is 1. The summed E-state index contributed by atoms with van der Waals surface area (Å²) in [6, 6.07) is -0.651. The number of fused-ring (bicyclic) bond motifs is 5. The standard InChI is InChI=1S/C27H37NO5/c1-26-11-10-20-18(19(26)8-9-21(26)23(31)15-29)7-6-16-13-17(30)14-24(27(16,20)2)28-12-4-3-5-22(28)25(32)33/h10,13,18-19,21-22,24,29H,3-9,11-12,14-15H2,1-2H3,(H,32,33)/t18-,19-,21+,22?,24?,26-,27-/m0/s1. The van der Waals surface area contributed by atoms with E-state index in [2.05, 4.69) is 24.8 Å². The second-order valence-corrected chi connectivity index (χ2v) is 11.5. The maximum Gasteiger partial charge on any atom is 0.320 e. The number of aliphatic carboxylic acids is 1. The molecule has 7 atom stereocenters. The van der Waals surface area contributed by atoms with Crippen LogP contribution in [0.2, 0.25) is 0 Å². The first kappa shape index (κ1) is 23.0. The molecule has 0 aromatic heterocycles. The lowest BCUT2D eigenvalue weighted by atomic mass is 9.49. The molecule has 0 spiro atoms. The number of carboxylic acid groups (broad SMARTS) is 1. The number of allylic oxidation sites excluding steroid dienone is 2. The summed E-state index contributed by atoms with van der Waals surface area (Å²) in [6.07, 6.45) is 11.6. The fourth-order valence-electron chi connectivity index (χ4n) is 8.58. The largest absolute Gasteiger partial charge is 0.480 e. The highest BCUT2D eigenvalue weighted by Gasteiger charge is 2.60. The highest BCUT2D eigenvalue weighted by atomic mass is 16.4. The highest BCUT2D eigenvalue weighted by molar-refractivity contribution is 5.93. The van der Waals surface area contributed by atoms with Crippen LogP contribution in [0.3, 0.4) is 0 Å². The van der Waals surface area contributed by atoms with Gasteiger partial charge in [0.15, 0.2) is 11.6 Å². The number of aliphatic hydroxyl groups is 1. The molecule has 0 bridgehead atoms. The van der Waals surface area contributed by atoms with Gasteiger partial charge in [-0.05, 0) is 74.8 Å². The molecule has 1 saturated heterocycles. The fraction of sp³-hybridized carbons (Fsp3) is 0.741. The van der Waals surface area contributed by atoms with Crippen LogP contribution in [0.15, 0.2) is 23.3 Å². The smallest absolute Gasteiger partial charge is 0.320 e. The Morgan fingerprint density at radius 1 is 1.15 bits per heavy atom. The van der Waals surface area contributed by atoms with Crippen LogP contribution in [0, 0.1) is 28.6 Å². The Kier molecular flexibility index (Phi) is 5.68. The Labute approximate surface area is 196 Å². The maximum absolute atomic E-state index is 12.8. The molecule has 0 aromatic carbocycles. The number of rotatable bonds is 4. The highest BCUT2D eigenvalue weighted by Crippen LogP contribution is 2.65. The third-order valence-corrected chi connectivity index (χ3v) is 10.2. The van der Waals surface area contributed by atoms with Crippen molar-refractivity contribution in [3.8, 4) is 0 Å². The van der Waals surface area contributed by atoms with Crippen molar-refractivity contribution in [3.63, 3.8) is 0 Å². The number of carboxylic acids is 1. The molecule has 1 heterocycles. The minimum atomic E-state index is -0.777. The number of aliphatic hydroxyl groups excluding tert-OH is 1. The fourth-order valence-corrected chi connectivity index (χ4v) is 8.58. The molecule has 1 aliphatic heterocycles. The van der Waals surface area contributed by atoms with Crippen LogP contribution < -0.4 is 0 Å². The second kappa shape index (κ2) is 8.16. The van der Waals surface area contributed by atoms with Gasteiger partial charge in [-0.2, -0.15) is 0 Å². The molecule has 5 aliphatic rings. The van der Waals surface area contributed by atoms with Crippen molar-refractivity contribution in [2.45, 2.75) is 83.7 Å². The molecule has 5 rings (SSSR count). The number of ketones is 2. The molecule has 2 unspecified atom stereocenters. The summed E-state index contributed by atoms with van der Waals surface area (Å²) in [5, 5.41) is 19.5. The van der Waals surface area contributed by atoms with Crippen molar-refractivity contribution in [2.75, 3.05) is 13.2 Å². The van der Waals surface area contributed by atoms with E-state index in [4.69, 9.17) is 0 Å². The van der Waals surface area contributed by atoms with Crippen LogP contribution >= 0.6 is 0 Å². The lowest BCUT2D eigenvalue weighted by Gasteiger charge is -2.58. The molecule has 6 nitrogen and oxygen atoms in total. The number of carbonyl (C=O) groups is 3. The summed E-state index contributed by atoms with van der Waals surface area (Å²) in [4.78, 5) is 39.6. The van der Waals surface area contributed by atoms with Gasteiger partial charge in [0.05, 0.1) is 0 Å². The predicted molar refractivity (Wildman–Crippen MR) is 123 cm³/mol. The first-order chi connectivity index (χ1) is 15.7. The quantitative estimate of drug-likeness (QED) is 0.630. The number of nitrogens with zero attached hydrogens (tertiary/aromatic N) is 1. The lowest BCUT2D eigenvalue weighted by Crippen LogP contribution is -2.60. The van der Waals surface area contributed by atoms with E-state index in [1.165, 1.54) is 11.1 Å². The van der Waals surface area contributed by atoms with Crippen molar-refractivity contribution in [2.24, 2.45) is 28.6 Å². The SMILES string of the molecule is C[C@@]12C(=CC(=O)CC1N1CCCCC1C(=O)O)CC[C@@H]1C2=CC[C@]2(C)[C@@H](C(=O)CO)CC[C@@H]12. The first-order valence-corrected chi connectivity index (χ1v) is 12.8. The van der Waals surface area contributed by atoms with Gasteiger partial charge in [-0.25, -0.2) is 0 Å². The van der Waals surface area contributed by atoms with Gasteiger partial charge in [-0.3, -0.25) is 19.3 Å². The summed E-state index contributed by atoms with van der Waals surface area (Å²) < 4.78 is 0. The summed E-state index contributed by atoms with van der Waals surface area (Å²) in [7, 11) is 0. The third-order valence-electron chi connectivity index (χ3n) is 10.2. The van der Waals surface area contributed by atoms with Crippen LogP contribution in [0.4, 0.5) is 0 Å². The van der Waals surface area contributed by atoms with Crippen LogP contribution in [0.25, 0.3) is 0 Å². The topological polar surface area (TPSA) is 94.9 Å². The number of hydrogen-bond acceptors (Lipinski definition) is 5. The van der Waals surface area contributed by atoms with Gasteiger partial charge in [0.2, 0.25) is 0 Å². The average molecular weight is 456 g/mol. The lowest BCUT2D eigenvalue weighted by molar-refractivity contribution is -0.148. The zero-order valence-electron chi connectivity index (χ0n) is 19.9. The van der Waals surface area contributed by atoms with Crippen molar-refractivity contribution >= 4 is 17.5 Å². The van der Waals surface area contributed by atoms with E-state index in [9.17, 15) is 24.6 Å². The van der Waals surface area contributed by atoms with E-state index in [0.29, 0.717) is 24.7 Å². The number of carbonyl (C=O) groups excluding carboxylic acids is 2. The number of piperidine rings is 1. The summed E-state index contributed by atoms with van der Waals surface area (Å²) in [5.74, 6) is -0.0233. The molecule has 0 aromatic rings. The van der Waals surface area contributed by atoms with E-state index in [0.717, 1.165) is 51.5 Å². The average Bonchev–Trinajstić information content (AvgIpc) is 3.15. The number of Topliss-reactive ketones (excluding diaryl/α,β-unsaturated/α-hetero) is 1. The van der Waals surface area contributed by atoms with Gasteiger partial charge in [-0.1, -0.05) is 37.5 Å². The summed E-state index contributed by atoms with van der Waals surface area (Å²) in [6.45, 7) is 4.84. The van der Waals surface area contributed by atoms with E-state index < -0.39 is 12.0 Å². The molecule has 0 amide bonds. The zero-order valence-corrected chi connectivity index (χ0v) is 19.9. The molecule has 4 aliphatic carbocycles. The van der Waals surface area contributed by atoms with Crippen LogP contribution in [-0.4, -0.2) is 57.9 Å². The Morgan fingerprint density at radius 2 is 1.94 bits per heavy atom. The van der Waals surface area contributed by atoms with E-state index in [-0.39, 0.29) is 41.0 Å². The van der Waals surface area contributed by atoms with Gasteiger partial charge in [0.1, 0.15) is 12.6 Å². The maximum atomic E-state index is 12.8. The molecule has 2 saturated carbocycles. The summed E-state index contributed by atoms with van der Waals surface area (Å²) in [5.41, 5.74) is 2.10. The van der Waals surface area contributed by atoms with E-state index in [1.807, 2.05) is 6.08 Å². The van der Waals surface area contributed by atoms with Gasteiger partial charge < -0.3 is 10.2 Å². The molecule has 33 heavy (non-hydrogen) atoms. The van der Waals surface area contributed by atoms with Gasteiger partial charge >= 0.3 is 5.97 Å². The van der Waals surface area contributed by atoms with E-state index in [1.54, 1.807) is 0 Å². The molecule has 2 N–H and O–H groups in total. The van der Waals surface area contributed by atoms with Crippen molar-refractivity contribution < 1.29 is 24.6 Å². The van der Waals surface area contributed by atoms with Crippen molar-refractivity contribution in [3.05, 3.63) is 23.3 Å². The summed E-state index contributed by atoms with van der Waals surface area (Å²) >= 11 is 0. The van der Waals surface area contributed by atoms with Crippen molar-refractivity contribution in [1.82, 2.24) is 4.90 Å². The predicted octanol–water partition coefficient (Wildman–Crippen LogP) is 3.53. The van der Waals surface area contributed by atoms with Crippen LogP contribution in [0.5, 0.6) is 0 Å². The molecular weight excluding hydrogens is 418 g/mol. The molecule has 6 heteroatoms. The van der Waals surface area contributed by atoms with Gasteiger partial charge in [0.25, 0.3) is 0 Å². The Balaban J connectivity index is 1.56. The van der Waals surface area contributed by atoms with Crippen LogP contribution in [0.1, 0.15) is 71.6 Å². The zero-order chi connectivity index (χ0) is 23.5. The van der Waals surface area contributed by atoms with Crippen molar-refractivity contribution in [1.29, 1.82) is 0 Å². The van der Waals surface area contributed by atoms with E-state index >= 15 is 0 Å². The minimum absolute atomic E-state index is 0.0294. The molecular formula is C27H37NO5. The monoisotopic (exact) mass is 455 g/mol. The molecule has 3 fully saturated rings. The normalized spacial score (nSPS) is 43.1. The molecule has 0 radical (unpaired) electrons.